The molecule has 1 saturated heterocycles. The van der Waals surface area contributed by atoms with E-state index in [1.54, 1.807) is 18.6 Å². The number of fused-ring (bicyclic) bond motifs is 1. The molecule has 0 bridgehead atoms. The van der Waals surface area contributed by atoms with Crippen molar-refractivity contribution in [2.75, 3.05) is 36.0 Å². The van der Waals surface area contributed by atoms with Crippen molar-refractivity contribution < 1.29 is 0 Å². The van der Waals surface area contributed by atoms with Crippen LogP contribution in [-0.4, -0.2) is 50.7 Å². The molecule has 7 heteroatoms. The van der Waals surface area contributed by atoms with Crippen LogP contribution in [0, 0.1) is 0 Å². The fourth-order valence-corrected chi connectivity index (χ4v) is 3.50. The number of benzene rings is 1. The van der Waals surface area contributed by atoms with Crippen LogP contribution in [-0.2, 0) is 0 Å². The number of anilines is 2. The molecule has 0 atom stereocenters. The number of hydrogen-bond donors (Lipinski definition) is 0. The standard InChI is InChI=1S/C20H19N7/c1-2-4-16(5-3-1)17-14-20(27-18(24-17)6-7-23-27)26-12-10-25(11-13-26)19-15-21-8-9-22-19/h1-9,14-15H,10-13H2. The maximum absolute atomic E-state index is 4.77. The molecule has 5 rings (SSSR count). The minimum atomic E-state index is 0.864. The third kappa shape index (κ3) is 2.97. The van der Waals surface area contributed by atoms with E-state index in [0.29, 0.717) is 0 Å². The maximum Gasteiger partial charge on any atom is 0.157 e. The van der Waals surface area contributed by atoms with Gasteiger partial charge in [-0.1, -0.05) is 30.3 Å². The fourth-order valence-electron chi connectivity index (χ4n) is 3.50. The molecule has 4 heterocycles. The summed E-state index contributed by atoms with van der Waals surface area (Å²) in [6.07, 6.45) is 7.07. The Morgan fingerprint density at radius 2 is 1.63 bits per heavy atom. The van der Waals surface area contributed by atoms with Crippen LogP contribution in [0.15, 0.2) is 67.3 Å². The quantitative estimate of drug-likeness (QED) is 0.561. The van der Waals surface area contributed by atoms with Crippen molar-refractivity contribution >= 4 is 17.3 Å². The van der Waals surface area contributed by atoms with Crippen LogP contribution < -0.4 is 9.80 Å². The number of nitrogens with zero attached hydrogens (tertiary/aromatic N) is 7. The zero-order valence-electron chi connectivity index (χ0n) is 14.8. The third-order valence-electron chi connectivity index (χ3n) is 4.89. The van der Waals surface area contributed by atoms with Gasteiger partial charge < -0.3 is 9.80 Å². The van der Waals surface area contributed by atoms with E-state index < -0.39 is 0 Å². The van der Waals surface area contributed by atoms with Crippen molar-refractivity contribution in [1.82, 2.24) is 24.6 Å². The Labute approximate surface area is 156 Å². The van der Waals surface area contributed by atoms with Crippen molar-refractivity contribution in [3.63, 3.8) is 0 Å². The van der Waals surface area contributed by atoms with Gasteiger partial charge in [0.1, 0.15) is 11.6 Å². The summed E-state index contributed by atoms with van der Waals surface area (Å²) in [6, 6.07) is 14.4. The Morgan fingerprint density at radius 3 is 2.41 bits per heavy atom. The van der Waals surface area contributed by atoms with E-state index in [9.17, 15) is 0 Å². The summed E-state index contributed by atoms with van der Waals surface area (Å²) in [6.45, 7) is 3.57. The molecule has 0 unspecified atom stereocenters. The highest BCUT2D eigenvalue weighted by atomic mass is 15.4. The summed E-state index contributed by atoms with van der Waals surface area (Å²) < 4.78 is 1.92. The molecule has 0 amide bonds. The van der Waals surface area contributed by atoms with Crippen LogP contribution >= 0.6 is 0 Å². The highest BCUT2D eigenvalue weighted by Crippen LogP contribution is 2.25. The third-order valence-corrected chi connectivity index (χ3v) is 4.89. The molecule has 4 aromatic rings. The fraction of sp³-hybridized carbons (Fsp3) is 0.200. The summed E-state index contributed by atoms with van der Waals surface area (Å²) in [5.41, 5.74) is 2.94. The Hall–Kier alpha value is -3.48. The van der Waals surface area contributed by atoms with Gasteiger partial charge in [-0.05, 0) is 0 Å². The Morgan fingerprint density at radius 1 is 0.815 bits per heavy atom. The van der Waals surface area contributed by atoms with Crippen LogP contribution in [0.2, 0.25) is 0 Å². The highest BCUT2D eigenvalue weighted by molar-refractivity contribution is 5.67. The molecule has 1 aliphatic rings. The average molecular weight is 357 g/mol. The molecule has 0 spiro atoms. The molecule has 1 aliphatic heterocycles. The lowest BCUT2D eigenvalue weighted by Crippen LogP contribution is -2.47. The van der Waals surface area contributed by atoms with Gasteiger partial charge in [0.2, 0.25) is 0 Å². The molecule has 0 N–H and O–H groups in total. The van der Waals surface area contributed by atoms with Gasteiger partial charge in [-0.2, -0.15) is 9.61 Å². The van der Waals surface area contributed by atoms with Crippen molar-refractivity contribution in [3.8, 4) is 11.3 Å². The Balaban J connectivity index is 1.46. The maximum atomic E-state index is 4.77. The van der Waals surface area contributed by atoms with Gasteiger partial charge in [-0.3, -0.25) is 4.98 Å². The van der Waals surface area contributed by atoms with Crippen LogP contribution in [0.1, 0.15) is 0 Å². The van der Waals surface area contributed by atoms with Crippen molar-refractivity contribution in [2.24, 2.45) is 0 Å². The van der Waals surface area contributed by atoms with Gasteiger partial charge in [0.15, 0.2) is 5.65 Å². The van der Waals surface area contributed by atoms with E-state index in [2.05, 4.69) is 43.1 Å². The second kappa shape index (κ2) is 6.68. The molecule has 27 heavy (non-hydrogen) atoms. The molecule has 1 fully saturated rings. The predicted octanol–water partition coefficient (Wildman–Crippen LogP) is 2.51. The van der Waals surface area contributed by atoms with Gasteiger partial charge in [0, 0.05) is 56.3 Å². The van der Waals surface area contributed by atoms with E-state index in [4.69, 9.17) is 4.98 Å². The van der Waals surface area contributed by atoms with Gasteiger partial charge in [-0.15, -0.1) is 0 Å². The molecule has 1 aromatic carbocycles. The Kier molecular flexibility index (Phi) is 3.90. The van der Waals surface area contributed by atoms with Gasteiger partial charge in [0.05, 0.1) is 18.1 Å². The van der Waals surface area contributed by atoms with Crippen LogP contribution in [0.5, 0.6) is 0 Å². The summed E-state index contributed by atoms with van der Waals surface area (Å²) in [7, 11) is 0. The molecule has 0 radical (unpaired) electrons. The molecular weight excluding hydrogens is 338 g/mol. The van der Waals surface area contributed by atoms with Crippen LogP contribution in [0.25, 0.3) is 16.9 Å². The summed E-state index contributed by atoms with van der Waals surface area (Å²) in [4.78, 5) is 18.0. The molecule has 0 aliphatic carbocycles. The second-order valence-corrected chi connectivity index (χ2v) is 6.50. The first kappa shape index (κ1) is 15.7. The molecule has 0 saturated carbocycles. The monoisotopic (exact) mass is 357 g/mol. The normalized spacial score (nSPS) is 14.7. The first-order valence-electron chi connectivity index (χ1n) is 9.05. The lowest BCUT2D eigenvalue weighted by Gasteiger charge is -2.36. The zero-order chi connectivity index (χ0) is 18.1. The lowest BCUT2D eigenvalue weighted by molar-refractivity contribution is 0.633. The molecule has 134 valence electrons. The van der Waals surface area contributed by atoms with Crippen LogP contribution in [0.4, 0.5) is 11.6 Å². The van der Waals surface area contributed by atoms with Crippen molar-refractivity contribution in [1.29, 1.82) is 0 Å². The smallest absolute Gasteiger partial charge is 0.157 e. The van der Waals surface area contributed by atoms with E-state index in [1.807, 2.05) is 35.0 Å². The van der Waals surface area contributed by atoms with E-state index in [1.165, 1.54) is 0 Å². The largest absolute Gasteiger partial charge is 0.353 e. The van der Waals surface area contributed by atoms with E-state index >= 15 is 0 Å². The van der Waals surface area contributed by atoms with Crippen LogP contribution in [0.3, 0.4) is 0 Å². The minimum Gasteiger partial charge on any atom is -0.353 e. The molecular formula is C20H19N7. The minimum absolute atomic E-state index is 0.864. The lowest BCUT2D eigenvalue weighted by atomic mass is 10.1. The average Bonchev–Trinajstić information content (AvgIpc) is 3.23. The molecule has 7 nitrogen and oxygen atoms in total. The van der Waals surface area contributed by atoms with E-state index in [0.717, 1.165) is 54.7 Å². The van der Waals surface area contributed by atoms with Crippen molar-refractivity contribution in [3.05, 3.63) is 67.3 Å². The number of piperazine rings is 1. The summed E-state index contributed by atoms with van der Waals surface area (Å²) in [5, 5.41) is 4.48. The van der Waals surface area contributed by atoms with Gasteiger partial charge in [0.25, 0.3) is 0 Å². The topological polar surface area (TPSA) is 62.5 Å². The van der Waals surface area contributed by atoms with Gasteiger partial charge in [-0.25, -0.2) is 9.97 Å². The Bertz CT molecular complexity index is 1040. The first-order valence-corrected chi connectivity index (χ1v) is 9.05. The van der Waals surface area contributed by atoms with E-state index in [-0.39, 0.29) is 0 Å². The second-order valence-electron chi connectivity index (χ2n) is 6.50. The number of rotatable bonds is 3. The highest BCUT2D eigenvalue weighted by Gasteiger charge is 2.21. The van der Waals surface area contributed by atoms with Crippen molar-refractivity contribution in [2.45, 2.75) is 0 Å². The zero-order valence-corrected chi connectivity index (χ0v) is 14.8. The first-order chi connectivity index (χ1) is 13.4. The summed E-state index contributed by atoms with van der Waals surface area (Å²) in [5.74, 6) is 2.00. The number of aromatic nitrogens is 5. The van der Waals surface area contributed by atoms with Gasteiger partial charge >= 0.3 is 0 Å². The summed E-state index contributed by atoms with van der Waals surface area (Å²) >= 11 is 0. The molecule has 3 aromatic heterocycles. The predicted molar refractivity (Wildman–Crippen MR) is 105 cm³/mol. The SMILES string of the molecule is c1ccc(-c2cc(N3CCN(c4cnccn4)CC3)n3nccc3n2)cc1. The number of hydrogen-bond acceptors (Lipinski definition) is 6.